The number of likely N-dealkylation sites (tertiary alicyclic amines) is 1. The third-order valence-electron chi connectivity index (χ3n) is 12.6. The molecule has 0 aliphatic carbocycles. The molecule has 6 amide bonds. The number of amides is 6. The molecule has 2 aromatic heterocycles. The maximum Gasteiger partial charge on any atom is 0.320 e. The predicted octanol–water partition coefficient (Wildman–Crippen LogP) is 2.01. The van der Waals surface area contributed by atoms with E-state index in [1.165, 1.54) is 0 Å². The Kier molecular flexibility index (Phi) is 9.73. The van der Waals surface area contributed by atoms with Crippen LogP contribution in [-0.2, 0) is 4.79 Å². The first kappa shape index (κ1) is 37.5. The molecule has 18 nitrogen and oxygen atoms in total. The van der Waals surface area contributed by atoms with Gasteiger partial charge in [0, 0.05) is 89.4 Å². The molecule has 6 aliphatic rings. The molecule has 5 fully saturated rings. The number of urea groups is 1. The molecular weight excluding hydrogens is 743 g/mol. The smallest absolute Gasteiger partial charge is 0.320 e. The van der Waals surface area contributed by atoms with E-state index in [-0.39, 0.29) is 35.5 Å². The number of hydrogen-bond donors (Lipinski definition) is 3. The number of likely N-dealkylation sites (N-methyl/N-ethyl adjacent to an activating group) is 1. The first-order valence-electron chi connectivity index (χ1n) is 20.2. The van der Waals surface area contributed by atoms with Gasteiger partial charge in [-0.25, -0.2) is 14.8 Å². The molecule has 0 saturated carbocycles. The average Bonchev–Trinajstić information content (AvgIpc) is 3.88. The van der Waals surface area contributed by atoms with Crippen LogP contribution in [0.3, 0.4) is 0 Å². The van der Waals surface area contributed by atoms with Crippen molar-refractivity contribution in [1.29, 1.82) is 0 Å². The molecule has 5 saturated heterocycles. The summed E-state index contributed by atoms with van der Waals surface area (Å²) in [5.74, 6) is -0.505. The van der Waals surface area contributed by atoms with Crippen molar-refractivity contribution in [3.05, 3.63) is 65.9 Å². The summed E-state index contributed by atoms with van der Waals surface area (Å²) in [4.78, 5) is 85.0. The second kappa shape index (κ2) is 15.0. The normalized spacial score (nSPS) is 23.5. The molecule has 1 unspecified atom stereocenters. The van der Waals surface area contributed by atoms with Gasteiger partial charge in [0.05, 0.1) is 41.3 Å². The van der Waals surface area contributed by atoms with Crippen LogP contribution in [0.25, 0.3) is 0 Å². The van der Waals surface area contributed by atoms with Gasteiger partial charge in [0.15, 0.2) is 11.5 Å². The fraction of sp³-hybridized carbons (Fsp3) is 0.500. The van der Waals surface area contributed by atoms with Crippen LogP contribution in [0.4, 0.5) is 27.8 Å². The standard InChI is InChI=1S/C40H49N13O5/c1-24-5-8-32(37(55)44-24)53-38(56)30-7-6-28(16-31(30)39(53)57)50-20-25(21-50)19-48-12-9-27(10-13-48)52-22-26(17-43-52)45-36-34(35(41)54)42-18-33(46-36)49-11-3-4-29(23-49)51-15-14-47(2)40(51)58/h6-7,16-18,22,25,27,29,32H,1,3-5,8-15,19-21,23H2,2H3,(H2,41,54)(H,44,55)(H,45,46)/t29-,32?/m0/s1. The molecule has 9 rings (SSSR count). The summed E-state index contributed by atoms with van der Waals surface area (Å²) in [7, 11) is 1.83. The molecule has 0 bridgehead atoms. The molecule has 304 valence electrons. The Balaban J connectivity index is 0.767. The van der Waals surface area contributed by atoms with Crippen molar-refractivity contribution in [1.82, 2.24) is 44.7 Å². The first-order chi connectivity index (χ1) is 28.0. The van der Waals surface area contributed by atoms with Crippen LogP contribution in [0.5, 0.6) is 0 Å². The summed E-state index contributed by atoms with van der Waals surface area (Å²) in [5.41, 5.74) is 8.65. The SMILES string of the molecule is C=C1CCC(N2C(=O)c3ccc(N4CC(CN5CCC(n6cc(Nc7nc(N8CCC[C@H](N9CCN(C)C9=O)C8)cnc7C(N)=O)cn6)CC5)C4)cc3C2=O)C(=O)N1. The Morgan fingerprint density at radius 1 is 0.931 bits per heavy atom. The van der Waals surface area contributed by atoms with Crippen molar-refractivity contribution < 1.29 is 24.0 Å². The van der Waals surface area contributed by atoms with E-state index in [1.54, 1.807) is 29.4 Å². The highest BCUT2D eigenvalue weighted by Gasteiger charge is 2.44. The number of nitrogens with one attached hydrogen (secondary N) is 2. The van der Waals surface area contributed by atoms with Gasteiger partial charge in [-0.2, -0.15) is 5.10 Å². The van der Waals surface area contributed by atoms with E-state index in [0.29, 0.717) is 60.2 Å². The van der Waals surface area contributed by atoms with Crippen molar-refractivity contribution >= 4 is 52.7 Å². The van der Waals surface area contributed by atoms with Gasteiger partial charge >= 0.3 is 6.03 Å². The van der Waals surface area contributed by atoms with Gasteiger partial charge in [-0.1, -0.05) is 6.58 Å². The van der Waals surface area contributed by atoms with Crippen molar-refractivity contribution in [3.63, 3.8) is 0 Å². The van der Waals surface area contributed by atoms with E-state index < -0.39 is 23.8 Å². The van der Waals surface area contributed by atoms with Crippen LogP contribution in [0, 0.1) is 5.92 Å². The number of carbonyl (C=O) groups excluding carboxylic acids is 5. The topological polar surface area (TPSA) is 198 Å². The van der Waals surface area contributed by atoms with E-state index in [1.807, 2.05) is 28.9 Å². The zero-order valence-electron chi connectivity index (χ0n) is 32.7. The minimum Gasteiger partial charge on any atom is -0.371 e. The number of primary amides is 1. The highest BCUT2D eigenvalue weighted by molar-refractivity contribution is 6.23. The zero-order valence-corrected chi connectivity index (χ0v) is 32.7. The van der Waals surface area contributed by atoms with Gasteiger partial charge in [-0.05, 0) is 56.7 Å². The molecule has 18 heteroatoms. The second-order valence-corrected chi connectivity index (χ2v) is 16.4. The fourth-order valence-electron chi connectivity index (χ4n) is 9.33. The van der Waals surface area contributed by atoms with Crippen molar-refractivity contribution in [2.75, 3.05) is 81.1 Å². The summed E-state index contributed by atoms with van der Waals surface area (Å²) < 4.78 is 1.98. The Morgan fingerprint density at radius 3 is 2.47 bits per heavy atom. The molecule has 4 N–H and O–H groups in total. The van der Waals surface area contributed by atoms with Crippen molar-refractivity contribution in [2.24, 2.45) is 11.7 Å². The highest BCUT2D eigenvalue weighted by Crippen LogP contribution is 2.34. The lowest BCUT2D eigenvalue weighted by atomic mass is 9.95. The van der Waals surface area contributed by atoms with Gasteiger partial charge in [0.25, 0.3) is 17.7 Å². The van der Waals surface area contributed by atoms with E-state index in [9.17, 15) is 24.0 Å². The number of nitrogens with zero attached hydrogens (tertiary/aromatic N) is 10. The lowest BCUT2D eigenvalue weighted by molar-refractivity contribution is -0.125. The largest absolute Gasteiger partial charge is 0.371 e. The number of nitrogens with two attached hydrogens (primary N) is 1. The van der Waals surface area contributed by atoms with Crippen LogP contribution in [0.1, 0.15) is 75.8 Å². The zero-order chi connectivity index (χ0) is 40.2. The molecule has 6 aliphatic heterocycles. The monoisotopic (exact) mass is 791 g/mol. The summed E-state index contributed by atoms with van der Waals surface area (Å²) >= 11 is 0. The quantitative estimate of drug-likeness (QED) is 0.253. The van der Waals surface area contributed by atoms with Gasteiger partial charge in [-0.15, -0.1) is 0 Å². The summed E-state index contributed by atoms with van der Waals surface area (Å²) in [5, 5.41) is 10.6. The summed E-state index contributed by atoms with van der Waals surface area (Å²) in [6.45, 7) is 11.2. The van der Waals surface area contributed by atoms with E-state index in [4.69, 9.17) is 10.7 Å². The lowest BCUT2D eigenvalue weighted by Gasteiger charge is -2.44. The molecule has 1 aromatic carbocycles. The highest BCUT2D eigenvalue weighted by atomic mass is 16.2. The van der Waals surface area contributed by atoms with Crippen LogP contribution in [0.15, 0.2) is 49.1 Å². The number of anilines is 4. The maximum atomic E-state index is 13.4. The van der Waals surface area contributed by atoms with E-state index in [2.05, 4.69) is 42.0 Å². The summed E-state index contributed by atoms with van der Waals surface area (Å²) in [6.07, 6.45) is 9.86. The summed E-state index contributed by atoms with van der Waals surface area (Å²) in [6, 6.07) is 4.94. The Labute approximate surface area is 336 Å². The number of allylic oxidation sites excluding steroid dienone is 1. The first-order valence-corrected chi connectivity index (χ1v) is 20.2. The van der Waals surface area contributed by atoms with Gasteiger partial charge < -0.3 is 40.9 Å². The number of imide groups is 1. The van der Waals surface area contributed by atoms with E-state index >= 15 is 0 Å². The number of piperidine rings is 3. The number of carbonyl (C=O) groups is 5. The molecule has 3 aromatic rings. The Morgan fingerprint density at radius 2 is 1.72 bits per heavy atom. The average molecular weight is 792 g/mol. The molecule has 2 atom stereocenters. The maximum absolute atomic E-state index is 13.4. The van der Waals surface area contributed by atoms with Crippen LogP contribution in [0.2, 0.25) is 0 Å². The molecule has 0 radical (unpaired) electrons. The fourth-order valence-corrected chi connectivity index (χ4v) is 9.33. The third-order valence-corrected chi connectivity index (χ3v) is 12.6. The van der Waals surface area contributed by atoms with Crippen molar-refractivity contribution in [3.8, 4) is 0 Å². The van der Waals surface area contributed by atoms with Crippen molar-refractivity contribution in [2.45, 2.75) is 56.7 Å². The minimum absolute atomic E-state index is 0.0490. The molecule has 58 heavy (non-hydrogen) atoms. The Bertz CT molecular complexity index is 2180. The second-order valence-electron chi connectivity index (χ2n) is 16.4. The number of benzene rings is 1. The van der Waals surface area contributed by atoms with Gasteiger partial charge in [-0.3, -0.25) is 28.8 Å². The van der Waals surface area contributed by atoms with Gasteiger partial charge in [0.1, 0.15) is 11.9 Å². The molecular formula is C40H49N13O5. The van der Waals surface area contributed by atoms with Crippen LogP contribution in [-0.4, -0.2) is 147 Å². The number of fused-ring (bicyclic) bond motifs is 1. The molecule has 8 heterocycles. The minimum atomic E-state index is -0.822. The molecule has 0 spiro atoms. The van der Waals surface area contributed by atoms with E-state index in [0.717, 1.165) is 82.1 Å². The number of rotatable bonds is 10. The van der Waals surface area contributed by atoms with Crippen LogP contribution >= 0.6 is 0 Å². The third kappa shape index (κ3) is 6.98. The predicted molar refractivity (Wildman–Crippen MR) is 214 cm³/mol. The van der Waals surface area contributed by atoms with Crippen LogP contribution < -0.4 is 26.2 Å². The number of hydrogen-bond acceptors (Lipinski definition) is 12. The Hall–Kier alpha value is -6.04. The number of aromatic nitrogens is 4. The lowest BCUT2D eigenvalue weighted by Crippen LogP contribution is -2.52. The van der Waals surface area contributed by atoms with Gasteiger partial charge in [0.2, 0.25) is 5.91 Å².